The molecule has 0 fully saturated rings. The van der Waals surface area contributed by atoms with Gasteiger partial charge in [-0.15, -0.1) is 0 Å². The van der Waals surface area contributed by atoms with Crippen molar-refractivity contribution < 1.29 is 19.1 Å². The van der Waals surface area contributed by atoms with Gasteiger partial charge in [-0.1, -0.05) is 19.8 Å². The van der Waals surface area contributed by atoms with E-state index in [9.17, 15) is 4.79 Å². The van der Waals surface area contributed by atoms with Crippen molar-refractivity contribution in [2.45, 2.75) is 32.6 Å². The second-order valence-corrected chi connectivity index (χ2v) is 4.82. The third kappa shape index (κ3) is 8.68. The van der Waals surface area contributed by atoms with Crippen LogP contribution in [0.15, 0.2) is 0 Å². The van der Waals surface area contributed by atoms with E-state index in [-0.39, 0.29) is 19.2 Å². The van der Waals surface area contributed by atoms with E-state index < -0.39 is 0 Å². The molecule has 0 aromatic heterocycles. The second kappa shape index (κ2) is 8.53. The number of esters is 1. The molecule has 0 saturated heterocycles. The van der Waals surface area contributed by atoms with Gasteiger partial charge in [-0.2, -0.15) is 0 Å². The average Bonchev–Trinajstić information content (AvgIpc) is 2.21. The van der Waals surface area contributed by atoms with E-state index in [0.29, 0.717) is 11.0 Å². The fraction of sp³-hybridized carbons (Fsp3) is 0.917. The number of unbranched alkanes of at least 4 members (excludes halogenated alkanes) is 3. The zero-order valence-corrected chi connectivity index (χ0v) is 10.9. The minimum atomic E-state index is -0.227. The van der Waals surface area contributed by atoms with E-state index in [2.05, 4.69) is 6.92 Å². The SMILES string of the molecule is CCCCCC[N+](C)(C)CC(=O)OCCO. The smallest absolute Gasteiger partial charge is 0.361 e. The maximum absolute atomic E-state index is 11.4. The summed E-state index contributed by atoms with van der Waals surface area (Å²) < 4.78 is 5.51. The van der Waals surface area contributed by atoms with Gasteiger partial charge in [0.2, 0.25) is 0 Å². The zero-order chi connectivity index (χ0) is 12.4. The van der Waals surface area contributed by atoms with Crippen molar-refractivity contribution in [3.05, 3.63) is 0 Å². The van der Waals surface area contributed by atoms with Crippen LogP contribution >= 0.6 is 0 Å². The summed E-state index contributed by atoms with van der Waals surface area (Å²) in [7, 11) is 4.07. The highest BCUT2D eigenvalue weighted by Gasteiger charge is 2.20. The van der Waals surface area contributed by atoms with Crippen LogP contribution in [0.3, 0.4) is 0 Å². The second-order valence-electron chi connectivity index (χ2n) is 4.82. The summed E-state index contributed by atoms with van der Waals surface area (Å²) in [5, 5.41) is 8.53. The molecular weight excluding hydrogens is 206 g/mol. The lowest BCUT2D eigenvalue weighted by Crippen LogP contribution is -2.45. The number of aliphatic hydroxyl groups is 1. The molecular formula is C12H26NO3+. The van der Waals surface area contributed by atoms with Crippen molar-refractivity contribution in [1.29, 1.82) is 0 Å². The summed E-state index contributed by atoms with van der Waals surface area (Å²) in [6.07, 6.45) is 4.86. The van der Waals surface area contributed by atoms with Crippen LogP contribution in [-0.2, 0) is 9.53 Å². The number of nitrogens with zero attached hydrogens (tertiary/aromatic N) is 1. The molecule has 0 aliphatic carbocycles. The molecule has 0 aromatic carbocycles. The van der Waals surface area contributed by atoms with Gasteiger partial charge in [-0.3, -0.25) is 0 Å². The van der Waals surface area contributed by atoms with E-state index >= 15 is 0 Å². The molecule has 1 N–H and O–H groups in total. The van der Waals surface area contributed by atoms with Gasteiger partial charge in [0.15, 0.2) is 6.54 Å². The lowest BCUT2D eigenvalue weighted by molar-refractivity contribution is -0.883. The first kappa shape index (κ1) is 15.4. The van der Waals surface area contributed by atoms with Crippen LogP contribution in [0.4, 0.5) is 0 Å². The predicted molar refractivity (Wildman–Crippen MR) is 64.0 cm³/mol. The summed E-state index contributed by atoms with van der Waals surface area (Å²) in [5.74, 6) is -0.227. The fourth-order valence-corrected chi connectivity index (χ4v) is 1.60. The lowest BCUT2D eigenvalue weighted by atomic mass is 10.2. The molecule has 4 nitrogen and oxygen atoms in total. The van der Waals surface area contributed by atoms with Gasteiger partial charge in [0.05, 0.1) is 27.2 Å². The topological polar surface area (TPSA) is 46.5 Å². The summed E-state index contributed by atoms with van der Waals surface area (Å²) in [5.41, 5.74) is 0. The van der Waals surface area contributed by atoms with Crippen LogP contribution in [0.25, 0.3) is 0 Å². The minimum absolute atomic E-state index is 0.102. The standard InChI is InChI=1S/C12H26NO3/c1-4-5-6-7-8-13(2,3)11-12(15)16-10-9-14/h14H,4-11H2,1-3H3/q+1. The summed E-state index contributed by atoms with van der Waals surface area (Å²) >= 11 is 0. The van der Waals surface area contributed by atoms with E-state index in [1.165, 1.54) is 19.3 Å². The maximum atomic E-state index is 11.4. The van der Waals surface area contributed by atoms with Gasteiger partial charge in [-0.05, 0) is 12.8 Å². The Bertz CT molecular complexity index is 193. The van der Waals surface area contributed by atoms with E-state index in [0.717, 1.165) is 13.0 Å². The molecule has 0 aliphatic rings. The Morgan fingerprint density at radius 1 is 1.25 bits per heavy atom. The van der Waals surface area contributed by atoms with E-state index in [1.807, 2.05) is 14.1 Å². The molecule has 4 heteroatoms. The Kier molecular flexibility index (Phi) is 8.21. The Balaban J connectivity index is 3.71. The Hall–Kier alpha value is -0.610. The van der Waals surface area contributed by atoms with Crippen LogP contribution in [-0.4, -0.2) is 56.0 Å². The Labute approximate surface area is 98.8 Å². The van der Waals surface area contributed by atoms with Gasteiger partial charge in [-0.25, -0.2) is 4.79 Å². The number of carbonyl (C=O) groups is 1. The normalized spacial score (nSPS) is 11.5. The van der Waals surface area contributed by atoms with Gasteiger partial charge < -0.3 is 14.3 Å². The number of ether oxygens (including phenoxy) is 1. The van der Waals surface area contributed by atoms with Gasteiger partial charge in [0.25, 0.3) is 0 Å². The summed E-state index contributed by atoms with van der Waals surface area (Å²) in [6.45, 7) is 3.57. The van der Waals surface area contributed by atoms with Crippen LogP contribution < -0.4 is 0 Å². The molecule has 0 aromatic rings. The highest BCUT2D eigenvalue weighted by Crippen LogP contribution is 2.05. The molecule has 0 saturated carbocycles. The number of hydrogen-bond donors (Lipinski definition) is 1. The Morgan fingerprint density at radius 3 is 2.50 bits per heavy atom. The predicted octanol–water partition coefficient (Wildman–Crippen LogP) is 1.18. The third-order valence-electron chi connectivity index (χ3n) is 2.53. The van der Waals surface area contributed by atoms with Crippen LogP contribution in [0.5, 0.6) is 0 Å². The third-order valence-corrected chi connectivity index (χ3v) is 2.53. The zero-order valence-electron chi connectivity index (χ0n) is 10.9. The number of quaternary nitrogens is 1. The summed E-state index contributed by atoms with van der Waals surface area (Å²) in [4.78, 5) is 11.4. The highest BCUT2D eigenvalue weighted by molar-refractivity contribution is 5.70. The molecule has 0 unspecified atom stereocenters. The molecule has 0 aliphatic heterocycles. The molecule has 0 amide bonds. The fourth-order valence-electron chi connectivity index (χ4n) is 1.60. The first-order chi connectivity index (χ1) is 7.52. The minimum Gasteiger partial charge on any atom is -0.459 e. The van der Waals surface area contributed by atoms with Crippen molar-refractivity contribution >= 4 is 5.97 Å². The van der Waals surface area contributed by atoms with E-state index in [4.69, 9.17) is 9.84 Å². The first-order valence-corrected chi connectivity index (χ1v) is 6.10. The number of rotatable bonds is 9. The number of carbonyl (C=O) groups excluding carboxylic acids is 1. The molecule has 0 heterocycles. The van der Waals surface area contributed by atoms with E-state index in [1.54, 1.807) is 0 Å². The van der Waals surface area contributed by atoms with Gasteiger partial charge in [0, 0.05) is 0 Å². The van der Waals surface area contributed by atoms with Crippen LogP contribution in [0.2, 0.25) is 0 Å². The summed E-state index contributed by atoms with van der Waals surface area (Å²) in [6, 6.07) is 0. The first-order valence-electron chi connectivity index (χ1n) is 6.10. The number of likely N-dealkylation sites (N-methyl/N-ethyl adjacent to an activating group) is 1. The quantitative estimate of drug-likeness (QED) is 0.369. The van der Waals surface area contributed by atoms with Crippen molar-refractivity contribution in [2.24, 2.45) is 0 Å². The lowest BCUT2D eigenvalue weighted by Gasteiger charge is -2.28. The number of hydrogen-bond acceptors (Lipinski definition) is 3. The van der Waals surface area contributed by atoms with Crippen molar-refractivity contribution in [3.63, 3.8) is 0 Å². The van der Waals surface area contributed by atoms with Crippen molar-refractivity contribution in [3.8, 4) is 0 Å². The average molecular weight is 232 g/mol. The molecule has 0 radical (unpaired) electrons. The Morgan fingerprint density at radius 2 is 1.94 bits per heavy atom. The van der Waals surface area contributed by atoms with Crippen LogP contribution in [0, 0.1) is 0 Å². The van der Waals surface area contributed by atoms with Crippen molar-refractivity contribution in [2.75, 3.05) is 40.4 Å². The number of aliphatic hydroxyl groups excluding tert-OH is 1. The highest BCUT2D eigenvalue weighted by atomic mass is 16.5. The van der Waals surface area contributed by atoms with Crippen LogP contribution in [0.1, 0.15) is 32.6 Å². The van der Waals surface area contributed by atoms with Gasteiger partial charge in [0.1, 0.15) is 6.61 Å². The maximum Gasteiger partial charge on any atom is 0.361 e. The molecule has 0 rings (SSSR count). The molecule has 0 atom stereocenters. The molecule has 16 heavy (non-hydrogen) atoms. The monoisotopic (exact) mass is 232 g/mol. The largest absolute Gasteiger partial charge is 0.459 e. The molecule has 0 bridgehead atoms. The molecule has 0 spiro atoms. The van der Waals surface area contributed by atoms with Crippen molar-refractivity contribution in [1.82, 2.24) is 0 Å². The molecule has 96 valence electrons. The van der Waals surface area contributed by atoms with Gasteiger partial charge >= 0.3 is 5.97 Å².